The summed E-state index contributed by atoms with van der Waals surface area (Å²) in [5.41, 5.74) is 3.30. The molecular formula is C19H16N2OS. The molecule has 3 rings (SSSR count). The summed E-state index contributed by atoms with van der Waals surface area (Å²) in [4.78, 5) is 15.3. The SMILES string of the molecule is CS/C(=C(\C#N)c1ccccc1)C1C(=O)N(C)c2ccccc21. The Bertz CT molecular complexity index is 821. The van der Waals surface area contributed by atoms with Crippen molar-refractivity contribution in [3.05, 3.63) is 70.6 Å². The molecule has 3 nitrogen and oxygen atoms in total. The zero-order valence-electron chi connectivity index (χ0n) is 13.0. The molecule has 114 valence electrons. The van der Waals surface area contributed by atoms with E-state index in [2.05, 4.69) is 6.07 Å². The predicted octanol–water partition coefficient (Wildman–Crippen LogP) is 4.04. The first-order valence-electron chi connectivity index (χ1n) is 7.29. The Morgan fingerprint density at radius 2 is 1.78 bits per heavy atom. The molecule has 0 saturated heterocycles. The lowest BCUT2D eigenvalue weighted by Crippen LogP contribution is -2.24. The molecule has 2 aromatic rings. The van der Waals surface area contributed by atoms with Crippen molar-refractivity contribution in [2.45, 2.75) is 5.92 Å². The molecule has 0 aromatic heterocycles. The van der Waals surface area contributed by atoms with Gasteiger partial charge in [0.1, 0.15) is 6.07 Å². The van der Waals surface area contributed by atoms with Gasteiger partial charge in [-0.3, -0.25) is 4.79 Å². The van der Waals surface area contributed by atoms with Crippen molar-refractivity contribution in [1.82, 2.24) is 0 Å². The average Bonchev–Trinajstić information content (AvgIpc) is 2.85. The summed E-state index contributed by atoms with van der Waals surface area (Å²) in [6.07, 6.45) is 1.92. The number of fused-ring (bicyclic) bond motifs is 1. The van der Waals surface area contributed by atoms with E-state index in [1.54, 1.807) is 11.9 Å². The Hall–Kier alpha value is -2.51. The van der Waals surface area contributed by atoms with Crippen LogP contribution >= 0.6 is 11.8 Å². The molecule has 2 aromatic carbocycles. The van der Waals surface area contributed by atoms with Gasteiger partial charge in [0, 0.05) is 17.6 Å². The van der Waals surface area contributed by atoms with Gasteiger partial charge in [0.25, 0.3) is 0 Å². The normalized spacial score (nSPS) is 17.5. The van der Waals surface area contributed by atoms with Crippen LogP contribution in [0, 0.1) is 11.3 Å². The number of hydrogen-bond donors (Lipinski definition) is 0. The molecule has 0 bridgehead atoms. The summed E-state index contributed by atoms with van der Waals surface area (Å²) in [6, 6.07) is 19.6. The number of amides is 1. The molecule has 1 aliphatic heterocycles. The monoisotopic (exact) mass is 320 g/mol. The van der Waals surface area contributed by atoms with E-state index in [0.717, 1.165) is 21.7 Å². The average molecular weight is 320 g/mol. The molecule has 1 heterocycles. The first-order chi connectivity index (χ1) is 11.2. The number of hydrogen-bond acceptors (Lipinski definition) is 3. The summed E-state index contributed by atoms with van der Waals surface area (Å²) in [7, 11) is 1.79. The largest absolute Gasteiger partial charge is 0.314 e. The number of benzene rings is 2. The zero-order chi connectivity index (χ0) is 16.4. The van der Waals surface area contributed by atoms with Crippen molar-refractivity contribution in [2.24, 2.45) is 0 Å². The predicted molar refractivity (Wildman–Crippen MR) is 95.1 cm³/mol. The van der Waals surface area contributed by atoms with Crippen LogP contribution in [0.4, 0.5) is 5.69 Å². The minimum atomic E-state index is -0.402. The van der Waals surface area contributed by atoms with Crippen molar-refractivity contribution in [2.75, 3.05) is 18.2 Å². The Kier molecular flexibility index (Phi) is 4.22. The molecule has 0 radical (unpaired) electrons. The summed E-state index contributed by atoms with van der Waals surface area (Å²) < 4.78 is 0. The topological polar surface area (TPSA) is 44.1 Å². The molecular weight excluding hydrogens is 304 g/mol. The van der Waals surface area contributed by atoms with Gasteiger partial charge in [-0.1, -0.05) is 48.5 Å². The minimum absolute atomic E-state index is 0.0132. The highest BCUT2D eigenvalue weighted by Gasteiger charge is 2.38. The van der Waals surface area contributed by atoms with Crippen molar-refractivity contribution in [3.8, 4) is 6.07 Å². The first-order valence-corrected chi connectivity index (χ1v) is 8.51. The van der Waals surface area contributed by atoms with E-state index >= 15 is 0 Å². The lowest BCUT2D eigenvalue weighted by molar-refractivity contribution is -0.118. The van der Waals surface area contributed by atoms with E-state index in [0.29, 0.717) is 5.57 Å². The molecule has 0 saturated carbocycles. The van der Waals surface area contributed by atoms with Crippen LogP contribution in [-0.4, -0.2) is 19.2 Å². The molecule has 1 atom stereocenters. The summed E-state index contributed by atoms with van der Waals surface area (Å²) in [6.45, 7) is 0. The quantitative estimate of drug-likeness (QED) is 0.802. The Morgan fingerprint density at radius 1 is 1.13 bits per heavy atom. The second kappa shape index (κ2) is 6.31. The van der Waals surface area contributed by atoms with Gasteiger partial charge in [0.15, 0.2) is 0 Å². The van der Waals surface area contributed by atoms with Gasteiger partial charge in [-0.2, -0.15) is 5.26 Å². The van der Waals surface area contributed by atoms with Gasteiger partial charge in [0.05, 0.1) is 11.5 Å². The van der Waals surface area contributed by atoms with E-state index in [1.807, 2.05) is 60.9 Å². The number of anilines is 1. The van der Waals surface area contributed by atoms with E-state index in [4.69, 9.17) is 0 Å². The van der Waals surface area contributed by atoms with Gasteiger partial charge in [-0.25, -0.2) is 0 Å². The standard InChI is InChI=1S/C19H16N2OS/c1-21-16-11-7-6-10-14(16)17(19(21)22)18(23-2)15(12-20)13-8-4-3-5-9-13/h3-11,17H,1-2H3/b18-15+. The molecule has 0 N–H and O–H groups in total. The first kappa shape index (κ1) is 15.4. The van der Waals surface area contributed by atoms with Crippen molar-refractivity contribution >= 4 is 28.9 Å². The molecule has 23 heavy (non-hydrogen) atoms. The summed E-state index contributed by atoms with van der Waals surface area (Å²) in [5, 5.41) is 9.70. The van der Waals surface area contributed by atoms with Gasteiger partial charge in [-0.05, 0) is 23.4 Å². The summed E-state index contributed by atoms with van der Waals surface area (Å²) >= 11 is 1.47. The fraction of sp³-hybridized carbons (Fsp3) is 0.158. The van der Waals surface area contributed by atoms with Crippen LogP contribution in [-0.2, 0) is 4.79 Å². The fourth-order valence-corrected chi connectivity index (χ4v) is 3.80. The molecule has 4 heteroatoms. The number of nitrogens with zero attached hydrogens (tertiary/aromatic N) is 2. The molecule has 1 unspecified atom stereocenters. The van der Waals surface area contributed by atoms with Gasteiger partial charge >= 0.3 is 0 Å². The molecule has 0 spiro atoms. The van der Waals surface area contributed by atoms with Crippen molar-refractivity contribution in [3.63, 3.8) is 0 Å². The maximum atomic E-state index is 12.8. The number of carbonyl (C=O) groups excluding carboxylic acids is 1. The summed E-state index contributed by atoms with van der Waals surface area (Å²) in [5.74, 6) is -0.389. The third-order valence-electron chi connectivity index (χ3n) is 4.09. The third-order valence-corrected chi connectivity index (χ3v) is 4.97. The second-order valence-corrected chi connectivity index (χ2v) is 6.16. The smallest absolute Gasteiger partial charge is 0.239 e. The van der Waals surface area contributed by atoms with Gasteiger partial charge in [-0.15, -0.1) is 11.8 Å². The van der Waals surface area contributed by atoms with Crippen molar-refractivity contribution < 1.29 is 4.79 Å². The van der Waals surface area contributed by atoms with E-state index in [-0.39, 0.29) is 5.91 Å². The van der Waals surface area contributed by atoms with Crippen LogP contribution in [0.2, 0.25) is 0 Å². The lowest BCUT2D eigenvalue weighted by atomic mass is 9.95. The number of allylic oxidation sites excluding steroid dienone is 1. The fourth-order valence-electron chi connectivity index (χ4n) is 2.97. The molecule has 0 aliphatic carbocycles. The van der Waals surface area contributed by atoms with Crippen LogP contribution in [0.1, 0.15) is 17.0 Å². The van der Waals surface area contributed by atoms with Gasteiger partial charge < -0.3 is 4.90 Å². The van der Waals surface area contributed by atoms with E-state index in [9.17, 15) is 10.1 Å². The second-order valence-electron chi connectivity index (χ2n) is 5.31. The minimum Gasteiger partial charge on any atom is -0.314 e. The third kappa shape index (κ3) is 2.54. The highest BCUT2D eigenvalue weighted by Crippen LogP contribution is 2.45. The van der Waals surface area contributed by atoms with Gasteiger partial charge in [0.2, 0.25) is 5.91 Å². The van der Waals surface area contributed by atoms with Crippen molar-refractivity contribution in [1.29, 1.82) is 5.26 Å². The van der Waals surface area contributed by atoms with E-state index in [1.165, 1.54) is 11.8 Å². The molecule has 1 aliphatic rings. The van der Waals surface area contributed by atoms with Crippen LogP contribution in [0.15, 0.2) is 59.5 Å². The van der Waals surface area contributed by atoms with Crippen LogP contribution in [0.5, 0.6) is 0 Å². The zero-order valence-corrected chi connectivity index (χ0v) is 13.8. The van der Waals surface area contributed by atoms with E-state index < -0.39 is 5.92 Å². The number of likely N-dealkylation sites (N-methyl/N-ethyl adjacent to an activating group) is 1. The highest BCUT2D eigenvalue weighted by molar-refractivity contribution is 8.02. The lowest BCUT2D eigenvalue weighted by Gasteiger charge is -2.15. The maximum absolute atomic E-state index is 12.8. The number of thioether (sulfide) groups is 1. The van der Waals surface area contributed by atoms with Crippen LogP contribution in [0.3, 0.4) is 0 Å². The number of rotatable bonds is 3. The Balaban J connectivity index is 2.20. The molecule has 0 fully saturated rings. The maximum Gasteiger partial charge on any atom is 0.239 e. The number of para-hydroxylation sites is 1. The van der Waals surface area contributed by atoms with Crippen LogP contribution in [0.25, 0.3) is 5.57 Å². The Labute approximate surface area is 140 Å². The van der Waals surface area contributed by atoms with Crippen LogP contribution < -0.4 is 4.90 Å². The molecule has 1 amide bonds. The highest BCUT2D eigenvalue weighted by atomic mass is 32.2. The Morgan fingerprint density at radius 3 is 2.43 bits per heavy atom. The number of nitriles is 1. The number of carbonyl (C=O) groups is 1.